The van der Waals surface area contributed by atoms with Gasteiger partial charge in [-0.2, -0.15) is 0 Å². The lowest BCUT2D eigenvalue weighted by Gasteiger charge is -2.23. The fraction of sp³-hybridized carbons (Fsp3) is 0.929. The fourth-order valence-electron chi connectivity index (χ4n) is 1.90. The number of nitrogens with one attached hydrogen (secondary N) is 1. The molecule has 0 fully saturated rings. The Labute approximate surface area is 107 Å². The molecule has 0 aromatic carbocycles. The SMILES string of the molecule is CCCCC(C)NC(=O)CCC(C)(C)CCN. The molecule has 102 valence electrons. The van der Waals surface area contributed by atoms with E-state index in [1.165, 1.54) is 12.8 Å². The molecule has 1 amide bonds. The van der Waals surface area contributed by atoms with Gasteiger partial charge in [0.05, 0.1) is 0 Å². The first kappa shape index (κ1) is 16.4. The number of carbonyl (C=O) groups is 1. The van der Waals surface area contributed by atoms with Gasteiger partial charge in [0.2, 0.25) is 5.91 Å². The normalized spacial score (nSPS) is 13.5. The highest BCUT2D eigenvalue weighted by Gasteiger charge is 2.18. The molecular formula is C14H30N2O. The standard InChI is InChI=1S/C14H30N2O/c1-5-6-7-12(2)16-13(17)8-9-14(3,4)10-11-15/h12H,5-11,15H2,1-4H3,(H,16,17). The maximum Gasteiger partial charge on any atom is 0.220 e. The van der Waals surface area contributed by atoms with E-state index in [-0.39, 0.29) is 11.3 Å². The number of amides is 1. The van der Waals surface area contributed by atoms with Crippen molar-refractivity contribution in [3.05, 3.63) is 0 Å². The summed E-state index contributed by atoms with van der Waals surface area (Å²) in [6.07, 6.45) is 5.95. The first-order valence-corrected chi connectivity index (χ1v) is 6.90. The minimum Gasteiger partial charge on any atom is -0.354 e. The molecule has 0 saturated carbocycles. The van der Waals surface area contributed by atoms with E-state index < -0.39 is 0 Å². The highest BCUT2D eigenvalue weighted by molar-refractivity contribution is 5.76. The van der Waals surface area contributed by atoms with Gasteiger partial charge in [0, 0.05) is 12.5 Å². The molecule has 0 aliphatic carbocycles. The number of hydrogen-bond acceptors (Lipinski definition) is 2. The van der Waals surface area contributed by atoms with Crippen LogP contribution in [0.5, 0.6) is 0 Å². The van der Waals surface area contributed by atoms with Gasteiger partial charge in [0.25, 0.3) is 0 Å². The van der Waals surface area contributed by atoms with Crippen molar-refractivity contribution in [2.75, 3.05) is 6.54 Å². The average molecular weight is 242 g/mol. The summed E-state index contributed by atoms with van der Waals surface area (Å²) >= 11 is 0. The van der Waals surface area contributed by atoms with Gasteiger partial charge in [-0.3, -0.25) is 4.79 Å². The van der Waals surface area contributed by atoms with Gasteiger partial charge >= 0.3 is 0 Å². The third-order valence-corrected chi connectivity index (χ3v) is 3.25. The van der Waals surface area contributed by atoms with E-state index in [1.807, 2.05) is 0 Å². The second-order valence-corrected chi connectivity index (χ2v) is 5.81. The Kier molecular flexibility index (Phi) is 8.23. The van der Waals surface area contributed by atoms with Crippen LogP contribution < -0.4 is 11.1 Å². The molecule has 0 radical (unpaired) electrons. The highest BCUT2D eigenvalue weighted by Crippen LogP contribution is 2.25. The summed E-state index contributed by atoms with van der Waals surface area (Å²) in [6.45, 7) is 9.30. The van der Waals surface area contributed by atoms with Gasteiger partial charge in [-0.25, -0.2) is 0 Å². The van der Waals surface area contributed by atoms with E-state index in [2.05, 4.69) is 33.0 Å². The summed E-state index contributed by atoms with van der Waals surface area (Å²) in [6, 6.07) is 0.306. The Balaban J connectivity index is 3.79. The lowest BCUT2D eigenvalue weighted by molar-refractivity contribution is -0.122. The van der Waals surface area contributed by atoms with Crippen molar-refractivity contribution in [3.63, 3.8) is 0 Å². The Morgan fingerprint density at radius 3 is 2.53 bits per heavy atom. The largest absolute Gasteiger partial charge is 0.354 e. The number of carbonyl (C=O) groups excluding carboxylic acids is 1. The summed E-state index contributed by atoms with van der Waals surface area (Å²) < 4.78 is 0. The molecule has 0 heterocycles. The zero-order chi connectivity index (χ0) is 13.3. The summed E-state index contributed by atoms with van der Waals surface area (Å²) in [7, 11) is 0. The van der Waals surface area contributed by atoms with E-state index in [9.17, 15) is 4.79 Å². The Morgan fingerprint density at radius 2 is 2.00 bits per heavy atom. The molecule has 3 N–H and O–H groups in total. The van der Waals surface area contributed by atoms with Crippen molar-refractivity contribution in [1.82, 2.24) is 5.32 Å². The molecule has 0 aliphatic heterocycles. The Morgan fingerprint density at radius 1 is 1.35 bits per heavy atom. The van der Waals surface area contributed by atoms with E-state index >= 15 is 0 Å². The molecule has 0 aliphatic rings. The van der Waals surface area contributed by atoms with E-state index in [4.69, 9.17) is 5.73 Å². The van der Waals surface area contributed by atoms with Gasteiger partial charge in [0.15, 0.2) is 0 Å². The first-order chi connectivity index (χ1) is 7.91. The predicted molar refractivity (Wildman–Crippen MR) is 73.8 cm³/mol. The zero-order valence-electron chi connectivity index (χ0n) is 12.0. The summed E-state index contributed by atoms with van der Waals surface area (Å²) in [5.74, 6) is 0.179. The number of nitrogens with two attached hydrogens (primary N) is 1. The van der Waals surface area contributed by atoms with Gasteiger partial charge in [-0.1, -0.05) is 33.6 Å². The van der Waals surface area contributed by atoms with Gasteiger partial charge < -0.3 is 11.1 Å². The van der Waals surface area contributed by atoms with Crippen LogP contribution >= 0.6 is 0 Å². The molecule has 0 aromatic rings. The monoisotopic (exact) mass is 242 g/mol. The Bertz CT molecular complexity index is 214. The van der Waals surface area contributed by atoms with Crippen LogP contribution in [0.15, 0.2) is 0 Å². The number of unbranched alkanes of at least 4 members (excludes halogenated alkanes) is 1. The topological polar surface area (TPSA) is 55.1 Å². The van der Waals surface area contributed by atoms with Crippen LogP contribution in [0, 0.1) is 5.41 Å². The summed E-state index contributed by atoms with van der Waals surface area (Å²) in [5.41, 5.74) is 5.74. The van der Waals surface area contributed by atoms with Gasteiger partial charge in [-0.05, 0) is 38.1 Å². The molecule has 3 nitrogen and oxygen atoms in total. The van der Waals surface area contributed by atoms with Gasteiger partial charge in [-0.15, -0.1) is 0 Å². The molecule has 0 rings (SSSR count). The third kappa shape index (κ3) is 9.16. The van der Waals surface area contributed by atoms with Crippen LogP contribution in [-0.2, 0) is 4.79 Å². The van der Waals surface area contributed by atoms with Crippen LogP contribution in [0.4, 0.5) is 0 Å². The first-order valence-electron chi connectivity index (χ1n) is 6.90. The van der Waals surface area contributed by atoms with Crippen LogP contribution in [0.25, 0.3) is 0 Å². The Hall–Kier alpha value is -0.570. The summed E-state index contributed by atoms with van der Waals surface area (Å²) in [4.78, 5) is 11.7. The van der Waals surface area contributed by atoms with Crippen molar-refractivity contribution in [1.29, 1.82) is 0 Å². The molecule has 0 bridgehead atoms. The maximum atomic E-state index is 11.7. The molecule has 1 unspecified atom stereocenters. The zero-order valence-corrected chi connectivity index (χ0v) is 12.0. The maximum absolute atomic E-state index is 11.7. The molecule has 0 saturated heterocycles. The minimum absolute atomic E-state index is 0.179. The third-order valence-electron chi connectivity index (χ3n) is 3.25. The van der Waals surface area contributed by atoms with E-state index in [0.29, 0.717) is 19.0 Å². The lowest BCUT2D eigenvalue weighted by atomic mass is 9.84. The molecule has 17 heavy (non-hydrogen) atoms. The second-order valence-electron chi connectivity index (χ2n) is 5.81. The quantitative estimate of drug-likeness (QED) is 0.653. The minimum atomic E-state index is 0.179. The van der Waals surface area contributed by atoms with Crippen LogP contribution in [0.2, 0.25) is 0 Å². The van der Waals surface area contributed by atoms with Crippen LogP contribution in [0.1, 0.15) is 66.2 Å². The fourth-order valence-corrected chi connectivity index (χ4v) is 1.90. The second kappa shape index (κ2) is 8.51. The summed E-state index contributed by atoms with van der Waals surface area (Å²) in [5, 5.41) is 3.06. The van der Waals surface area contributed by atoms with Crippen molar-refractivity contribution in [2.45, 2.75) is 72.3 Å². The molecule has 3 heteroatoms. The van der Waals surface area contributed by atoms with Gasteiger partial charge in [0.1, 0.15) is 0 Å². The average Bonchev–Trinajstić information content (AvgIpc) is 2.24. The molecular weight excluding hydrogens is 212 g/mol. The van der Waals surface area contributed by atoms with Crippen LogP contribution in [0.3, 0.4) is 0 Å². The van der Waals surface area contributed by atoms with E-state index in [1.54, 1.807) is 0 Å². The van der Waals surface area contributed by atoms with Crippen molar-refractivity contribution in [3.8, 4) is 0 Å². The van der Waals surface area contributed by atoms with E-state index in [0.717, 1.165) is 19.3 Å². The van der Waals surface area contributed by atoms with Crippen molar-refractivity contribution in [2.24, 2.45) is 11.1 Å². The lowest BCUT2D eigenvalue weighted by Crippen LogP contribution is -2.33. The molecule has 0 aromatic heterocycles. The predicted octanol–water partition coefficient (Wildman–Crippen LogP) is 2.84. The number of rotatable bonds is 9. The van der Waals surface area contributed by atoms with Crippen molar-refractivity contribution < 1.29 is 4.79 Å². The van der Waals surface area contributed by atoms with Crippen molar-refractivity contribution >= 4 is 5.91 Å². The molecule has 0 spiro atoms. The number of hydrogen-bond donors (Lipinski definition) is 2. The van der Waals surface area contributed by atoms with Crippen LogP contribution in [-0.4, -0.2) is 18.5 Å². The highest BCUT2D eigenvalue weighted by atomic mass is 16.1. The molecule has 1 atom stereocenters. The smallest absolute Gasteiger partial charge is 0.220 e.